The minimum absolute atomic E-state index is 0.220. The van der Waals surface area contributed by atoms with E-state index in [4.69, 9.17) is 28.4 Å². The van der Waals surface area contributed by atoms with Crippen molar-refractivity contribution in [3.8, 4) is 0 Å². The number of aliphatic hydroxyl groups is 5. The highest BCUT2D eigenvalue weighted by Crippen LogP contribution is 2.28. The third kappa shape index (κ3) is 13.0. The molecular weight excluding hydrogens is 620 g/mol. The molecule has 4 rings (SSSR count). The largest absolute Gasteiger partial charge is 0.394 e. The van der Waals surface area contributed by atoms with Crippen LogP contribution in [0.2, 0.25) is 0 Å². The van der Waals surface area contributed by atoms with Crippen LogP contribution in [0.5, 0.6) is 0 Å². The summed E-state index contributed by atoms with van der Waals surface area (Å²) in [7, 11) is 0. The Bertz CT molecular complexity index is 1110. The summed E-state index contributed by atoms with van der Waals surface area (Å²) < 4.78 is 36.8. The quantitative estimate of drug-likeness (QED) is 0.0814. The first-order chi connectivity index (χ1) is 22.9. The fourth-order valence-electron chi connectivity index (χ4n) is 5.21. The van der Waals surface area contributed by atoms with Gasteiger partial charge < -0.3 is 54.0 Å². The molecule has 0 spiro atoms. The van der Waals surface area contributed by atoms with Crippen molar-refractivity contribution in [2.24, 2.45) is 5.92 Å². The number of aliphatic hydroxyl groups excluding tert-OH is 5. The number of aromatic nitrogens is 6. The fraction of sp³-hybridized carbons (Fsp3) is 0.867. The van der Waals surface area contributed by atoms with Crippen LogP contribution in [0, 0.1) is 5.92 Å². The normalized spacial score (nSPS) is 26.1. The molecule has 2 aromatic heterocycles. The molecule has 0 aromatic carbocycles. The molecule has 1 saturated heterocycles. The zero-order valence-corrected chi connectivity index (χ0v) is 27.0. The highest BCUT2D eigenvalue weighted by Gasteiger charge is 2.43. The Labute approximate surface area is 274 Å². The van der Waals surface area contributed by atoms with E-state index >= 15 is 0 Å². The maximum atomic E-state index is 9.99. The van der Waals surface area contributed by atoms with Crippen LogP contribution in [-0.4, -0.2) is 145 Å². The maximum Gasteiger partial charge on any atom is 0.186 e. The van der Waals surface area contributed by atoms with Gasteiger partial charge in [-0.05, 0) is 25.7 Å². The van der Waals surface area contributed by atoms with E-state index in [9.17, 15) is 25.5 Å². The van der Waals surface area contributed by atoms with E-state index in [-0.39, 0.29) is 12.0 Å². The second-order valence-corrected chi connectivity index (χ2v) is 12.0. The summed E-state index contributed by atoms with van der Waals surface area (Å²) in [6.45, 7) is 4.86. The van der Waals surface area contributed by atoms with E-state index in [1.807, 2.05) is 12.4 Å². The van der Waals surface area contributed by atoms with Gasteiger partial charge in [0.05, 0.1) is 77.9 Å². The Morgan fingerprint density at radius 2 is 1.30 bits per heavy atom. The molecule has 0 radical (unpaired) electrons. The van der Waals surface area contributed by atoms with Crippen LogP contribution in [0.15, 0.2) is 12.4 Å². The number of hydrogen-bond donors (Lipinski definition) is 5. The Kier molecular flexibility index (Phi) is 16.9. The molecule has 5 N–H and O–H groups in total. The number of rotatable bonds is 25. The zero-order chi connectivity index (χ0) is 33.3. The summed E-state index contributed by atoms with van der Waals surface area (Å²) in [5.41, 5.74) is 1.52. The van der Waals surface area contributed by atoms with Crippen LogP contribution in [0.3, 0.4) is 0 Å². The lowest BCUT2D eigenvalue weighted by Crippen LogP contribution is -2.59. The Morgan fingerprint density at radius 3 is 1.98 bits per heavy atom. The van der Waals surface area contributed by atoms with Gasteiger partial charge in [-0.15, -0.1) is 10.2 Å². The topological polar surface area (TPSA) is 218 Å². The lowest BCUT2D eigenvalue weighted by molar-refractivity contribution is -0.301. The summed E-state index contributed by atoms with van der Waals surface area (Å²) in [6.07, 6.45) is 3.76. The molecule has 7 unspecified atom stereocenters. The molecule has 1 aliphatic heterocycles. The van der Waals surface area contributed by atoms with Gasteiger partial charge in [0, 0.05) is 25.7 Å². The van der Waals surface area contributed by atoms with Crippen LogP contribution >= 0.6 is 0 Å². The SMILES string of the molecule is OCC1OC(OCCCCCCCOCc2cn(CCOCCOCCOCc3cn(CC4CCC4O)nn3)nn2)C(O)C(O)C1O. The second kappa shape index (κ2) is 21.0. The summed E-state index contributed by atoms with van der Waals surface area (Å²) in [4.78, 5) is 0. The van der Waals surface area contributed by atoms with E-state index in [0.29, 0.717) is 72.6 Å². The third-order valence-electron chi connectivity index (χ3n) is 8.24. The summed E-state index contributed by atoms with van der Waals surface area (Å²) in [6, 6.07) is 0. The minimum Gasteiger partial charge on any atom is -0.394 e. The second-order valence-electron chi connectivity index (χ2n) is 12.0. The van der Waals surface area contributed by atoms with E-state index < -0.39 is 37.3 Å². The molecule has 0 bridgehead atoms. The maximum absolute atomic E-state index is 9.99. The first-order valence-corrected chi connectivity index (χ1v) is 16.6. The predicted molar refractivity (Wildman–Crippen MR) is 163 cm³/mol. The highest BCUT2D eigenvalue weighted by atomic mass is 16.7. The molecule has 2 aliphatic rings. The minimum atomic E-state index is -1.43. The van der Waals surface area contributed by atoms with Crippen molar-refractivity contribution in [2.45, 2.75) is 108 Å². The van der Waals surface area contributed by atoms with Crippen LogP contribution in [0.1, 0.15) is 56.3 Å². The fourth-order valence-corrected chi connectivity index (χ4v) is 5.21. The highest BCUT2D eigenvalue weighted by molar-refractivity contribution is 4.91. The zero-order valence-electron chi connectivity index (χ0n) is 27.0. The van der Waals surface area contributed by atoms with Gasteiger partial charge in [0.15, 0.2) is 6.29 Å². The monoisotopic (exact) mass is 672 g/mol. The van der Waals surface area contributed by atoms with E-state index in [1.165, 1.54) is 0 Å². The van der Waals surface area contributed by atoms with Crippen molar-refractivity contribution < 1.29 is 54.0 Å². The molecule has 268 valence electrons. The van der Waals surface area contributed by atoms with E-state index in [0.717, 1.165) is 56.3 Å². The van der Waals surface area contributed by atoms with Crippen molar-refractivity contribution in [3.05, 3.63) is 23.8 Å². The first-order valence-electron chi connectivity index (χ1n) is 16.6. The molecule has 2 fully saturated rings. The van der Waals surface area contributed by atoms with E-state index in [2.05, 4.69) is 20.6 Å². The summed E-state index contributed by atoms with van der Waals surface area (Å²) >= 11 is 0. The van der Waals surface area contributed by atoms with Gasteiger partial charge in [-0.3, -0.25) is 4.68 Å². The van der Waals surface area contributed by atoms with Gasteiger partial charge in [-0.25, -0.2) is 4.68 Å². The van der Waals surface area contributed by atoms with Gasteiger partial charge in [0.2, 0.25) is 0 Å². The molecule has 17 nitrogen and oxygen atoms in total. The summed E-state index contributed by atoms with van der Waals surface area (Å²) in [5, 5.41) is 65.0. The molecule has 1 aliphatic carbocycles. The van der Waals surface area contributed by atoms with Gasteiger partial charge >= 0.3 is 0 Å². The number of ether oxygens (including phenoxy) is 6. The molecule has 1 saturated carbocycles. The Morgan fingerprint density at radius 1 is 0.681 bits per heavy atom. The Balaban J connectivity index is 0.894. The van der Waals surface area contributed by atoms with Crippen LogP contribution in [0.4, 0.5) is 0 Å². The predicted octanol–water partition coefficient (Wildman–Crippen LogP) is -0.826. The molecule has 3 heterocycles. The van der Waals surface area contributed by atoms with Crippen LogP contribution in [-0.2, 0) is 54.7 Å². The molecular formula is C30H52N6O11. The van der Waals surface area contributed by atoms with Crippen molar-refractivity contribution >= 4 is 0 Å². The number of hydrogen-bond acceptors (Lipinski definition) is 15. The van der Waals surface area contributed by atoms with Crippen LogP contribution in [0.25, 0.3) is 0 Å². The Hall–Kier alpha value is -2.16. The average Bonchev–Trinajstić information content (AvgIpc) is 3.73. The number of nitrogens with zero attached hydrogens (tertiary/aromatic N) is 6. The van der Waals surface area contributed by atoms with Crippen molar-refractivity contribution in [3.63, 3.8) is 0 Å². The smallest absolute Gasteiger partial charge is 0.186 e. The molecule has 47 heavy (non-hydrogen) atoms. The lowest BCUT2D eigenvalue weighted by atomic mass is 9.82. The van der Waals surface area contributed by atoms with Crippen molar-refractivity contribution in [1.29, 1.82) is 0 Å². The summed E-state index contributed by atoms with van der Waals surface area (Å²) in [5.74, 6) is 0.273. The average molecular weight is 673 g/mol. The van der Waals surface area contributed by atoms with Crippen LogP contribution < -0.4 is 0 Å². The van der Waals surface area contributed by atoms with E-state index in [1.54, 1.807) is 9.36 Å². The molecule has 7 atom stereocenters. The van der Waals surface area contributed by atoms with Crippen molar-refractivity contribution in [2.75, 3.05) is 52.9 Å². The lowest BCUT2D eigenvalue weighted by Gasteiger charge is -2.39. The molecule has 17 heteroatoms. The third-order valence-corrected chi connectivity index (χ3v) is 8.24. The van der Waals surface area contributed by atoms with Gasteiger partial charge in [-0.2, -0.15) is 0 Å². The van der Waals surface area contributed by atoms with Gasteiger partial charge in [-0.1, -0.05) is 29.7 Å². The number of unbranched alkanes of at least 4 members (excludes halogenated alkanes) is 4. The van der Waals surface area contributed by atoms with Gasteiger partial charge in [0.25, 0.3) is 0 Å². The first kappa shape index (κ1) is 37.7. The standard InChI is InChI=1S/C30H52N6O11/c37-19-26-27(39)28(40)29(41)30(47-26)46-10-5-3-1-2-4-9-44-20-23-17-35(33-31-23)8-11-42-12-13-43-14-15-45-21-24-18-36(34-32-24)16-22-6-7-25(22)38/h17-18,22,25-30,37-41H,1-16,19-21H2. The molecule has 0 amide bonds. The molecule has 2 aromatic rings. The van der Waals surface area contributed by atoms with Crippen molar-refractivity contribution in [1.82, 2.24) is 30.0 Å². The van der Waals surface area contributed by atoms with Gasteiger partial charge in [0.1, 0.15) is 35.8 Å².